The van der Waals surface area contributed by atoms with Crippen LogP contribution in [-0.4, -0.2) is 21.7 Å². The number of nitro benzene ring substituents is 2. The Morgan fingerprint density at radius 1 is 0.909 bits per heavy atom. The topological polar surface area (TPSA) is 166 Å². The van der Waals surface area contributed by atoms with Crippen molar-refractivity contribution < 1.29 is 24.3 Å². The van der Waals surface area contributed by atoms with Crippen molar-refractivity contribution in [1.29, 1.82) is 0 Å². The van der Waals surface area contributed by atoms with Gasteiger partial charge in [-0.3, -0.25) is 25.0 Å². The molecule has 12 heteroatoms. The van der Waals surface area contributed by atoms with Crippen LogP contribution in [0.2, 0.25) is 0 Å². The van der Waals surface area contributed by atoms with Crippen molar-refractivity contribution in [1.82, 2.24) is 0 Å². The first-order valence-corrected chi connectivity index (χ1v) is 9.27. The SMILES string of the molecule is Cc1ccc(C(=O)N=Nc2ccc(NOC(=O)c3ccc([N+](=O)[O-])cc3[N+](=O)[O-])cc2)cc1. The van der Waals surface area contributed by atoms with E-state index in [-0.39, 0.29) is 0 Å². The maximum Gasteiger partial charge on any atom is 0.369 e. The standard InChI is InChI=1S/C21H15N5O7/c1-13-2-4-14(5-3-13)20(27)23-22-15-6-8-16(9-7-15)24-33-21(28)18-11-10-17(25(29)30)12-19(18)26(31)32/h2-12,24H,1H3. The fraction of sp³-hybridized carbons (Fsp3) is 0.0476. The Morgan fingerprint density at radius 3 is 2.18 bits per heavy atom. The quantitative estimate of drug-likeness (QED) is 0.301. The molecule has 0 fully saturated rings. The molecule has 1 amide bonds. The fourth-order valence-electron chi connectivity index (χ4n) is 2.57. The maximum atomic E-state index is 12.2. The van der Waals surface area contributed by atoms with Gasteiger partial charge in [0.15, 0.2) is 0 Å². The molecule has 0 spiro atoms. The van der Waals surface area contributed by atoms with Crippen LogP contribution in [0.15, 0.2) is 77.0 Å². The molecule has 166 valence electrons. The molecule has 0 saturated carbocycles. The molecule has 0 radical (unpaired) electrons. The van der Waals surface area contributed by atoms with Gasteiger partial charge in [0, 0.05) is 11.6 Å². The molecule has 1 N–H and O–H groups in total. The van der Waals surface area contributed by atoms with Gasteiger partial charge in [-0.25, -0.2) is 10.3 Å². The molecule has 3 aromatic carbocycles. The first kappa shape index (κ1) is 22.7. The van der Waals surface area contributed by atoms with Gasteiger partial charge in [-0.2, -0.15) is 0 Å². The van der Waals surface area contributed by atoms with Gasteiger partial charge in [0.1, 0.15) is 5.56 Å². The van der Waals surface area contributed by atoms with Crippen LogP contribution in [0.3, 0.4) is 0 Å². The van der Waals surface area contributed by atoms with Crippen LogP contribution < -0.4 is 5.48 Å². The summed E-state index contributed by atoms with van der Waals surface area (Å²) in [5.41, 5.74) is 2.64. The highest BCUT2D eigenvalue weighted by Gasteiger charge is 2.25. The number of amides is 1. The lowest BCUT2D eigenvalue weighted by Crippen LogP contribution is -2.12. The smallest absolute Gasteiger partial charge is 0.338 e. The molecule has 0 heterocycles. The predicted molar refractivity (Wildman–Crippen MR) is 115 cm³/mol. The van der Waals surface area contributed by atoms with E-state index in [4.69, 9.17) is 4.84 Å². The largest absolute Gasteiger partial charge is 0.369 e. The van der Waals surface area contributed by atoms with E-state index in [9.17, 15) is 29.8 Å². The van der Waals surface area contributed by atoms with Crippen LogP contribution in [0.5, 0.6) is 0 Å². The number of benzene rings is 3. The van der Waals surface area contributed by atoms with Crippen LogP contribution in [0.25, 0.3) is 0 Å². The summed E-state index contributed by atoms with van der Waals surface area (Å²) in [4.78, 5) is 49.3. The molecule has 0 saturated heterocycles. The number of carbonyl (C=O) groups excluding carboxylic acids is 2. The average Bonchev–Trinajstić information content (AvgIpc) is 2.81. The molecule has 33 heavy (non-hydrogen) atoms. The lowest BCUT2D eigenvalue weighted by molar-refractivity contribution is -0.394. The number of anilines is 1. The third-order valence-corrected chi connectivity index (χ3v) is 4.29. The molecule has 12 nitrogen and oxygen atoms in total. The minimum Gasteiger partial charge on any atom is -0.338 e. The fourth-order valence-corrected chi connectivity index (χ4v) is 2.57. The van der Waals surface area contributed by atoms with Crippen LogP contribution in [-0.2, 0) is 4.84 Å². The molecule has 0 aromatic heterocycles. The minimum atomic E-state index is -1.11. The number of nitro groups is 2. The molecule has 0 aliphatic carbocycles. The van der Waals surface area contributed by atoms with E-state index in [0.717, 1.165) is 17.7 Å². The second-order valence-corrected chi connectivity index (χ2v) is 6.63. The monoisotopic (exact) mass is 449 g/mol. The number of azo groups is 1. The van der Waals surface area contributed by atoms with Crippen LogP contribution in [0.4, 0.5) is 22.7 Å². The Balaban J connectivity index is 1.63. The van der Waals surface area contributed by atoms with Crippen LogP contribution in [0, 0.1) is 27.2 Å². The van der Waals surface area contributed by atoms with E-state index in [1.807, 2.05) is 6.92 Å². The molecular weight excluding hydrogens is 434 g/mol. The highest BCUT2D eigenvalue weighted by Crippen LogP contribution is 2.25. The molecule has 0 atom stereocenters. The summed E-state index contributed by atoms with van der Waals surface area (Å²) in [5, 5.41) is 29.4. The van der Waals surface area contributed by atoms with E-state index in [1.165, 1.54) is 24.3 Å². The summed E-state index contributed by atoms with van der Waals surface area (Å²) in [6.07, 6.45) is 0. The van der Waals surface area contributed by atoms with E-state index >= 15 is 0 Å². The number of nitrogens with one attached hydrogen (secondary N) is 1. The van der Waals surface area contributed by atoms with Crippen molar-refractivity contribution in [3.8, 4) is 0 Å². The summed E-state index contributed by atoms with van der Waals surface area (Å²) in [6, 6.07) is 15.4. The molecule has 3 aromatic rings. The number of rotatable bonds is 7. The summed E-state index contributed by atoms with van der Waals surface area (Å²) in [7, 11) is 0. The lowest BCUT2D eigenvalue weighted by Gasteiger charge is -2.07. The molecular formula is C21H15N5O7. The van der Waals surface area contributed by atoms with E-state index in [1.54, 1.807) is 24.3 Å². The minimum absolute atomic E-state index is 0.303. The molecule has 0 unspecified atom stereocenters. The number of hydrogen-bond acceptors (Lipinski definition) is 9. The first-order chi connectivity index (χ1) is 15.7. The lowest BCUT2D eigenvalue weighted by atomic mass is 10.1. The zero-order chi connectivity index (χ0) is 24.0. The van der Waals surface area contributed by atoms with Crippen molar-refractivity contribution in [2.24, 2.45) is 10.2 Å². The Morgan fingerprint density at radius 2 is 1.58 bits per heavy atom. The summed E-state index contributed by atoms with van der Waals surface area (Å²) >= 11 is 0. The van der Waals surface area contributed by atoms with Gasteiger partial charge < -0.3 is 4.84 Å². The van der Waals surface area contributed by atoms with Gasteiger partial charge in [-0.05, 0) is 49.4 Å². The number of aryl methyl sites for hydroxylation is 1. The van der Waals surface area contributed by atoms with Crippen molar-refractivity contribution >= 4 is 34.6 Å². The normalized spacial score (nSPS) is 10.6. The van der Waals surface area contributed by atoms with Crippen molar-refractivity contribution in [2.45, 2.75) is 6.92 Å². The first-order valence-electron chi connectivity index (χ1n) is 9.27. The van der Waals surface area contributed by atoms with Crippen molar-refractivity contribution in [3.63, 3.8) is 0 Å². The van der Waals surface area contributed by atoms with Crippen molar-refractivity contribution in [2.75, 3.05) is 5.48 Å². The second kappa shape index (κ2) is 9.87. The number of non-ortho nitro benzene ring substituents is 1. The molecule has 0 aliphatic rings. The highest BCUT2D eigenvalue weighted by atomic mass is 16.7. The molecule has 0 bridgehead atoms. The third-order valence-electron chi connectivity index (χ3n) is 4.29. The number of nitrogens with zero attached hydrogens (tertiary/aromatic N) is 4. The second-order valence-electron chi connectivity index (χ2n) is 6.63. The zero-order valence-electron chi connectivity index (χ0n) is 17.0. The Kier molecular flexibility index (Phi) is 6.78. The highest BCUT2D eigenvalue weighted by molar-refractivity contribution is 5.95. The number of carbonyl (C=O) groups is 2. The third kappa shape index (κ3) is 5.79. The predicted octanol–water partition coefficient (Wildman–Crippen LogP) is 4.92. The van der Waals surface area contributed by atoms with Gasteiger partial charge in [0.25, 0.3) is 17.3 Å². The zero-order valence-corrected chi connectivity index (χ0v) is 17.0. The van der Waals surface area contributed by atoms with Gasteiger partial charge in [-0.15, -0.1) is 10.2 Å². The van der Waals surface area contributed by atoms with E-state index in [0.29, 0.717) is 23.0 Å². The van der Waals surface area contributed by atoms with Crippen LogP contribution in [0.1, 0.15) is 26.3 Å². The van der Waals surface area contributed by atoms with E-state index in [2.05, 4.69) is 15.7 Å². The van der Waals surface area contributed by atoms with Gasteiger partial charge in [-0.1, -0.05) is 17.7 Å². The summed E-state index contributed by atoms with van der Waals surface area (Å²) < 4.78 is 0. The Labute approximate surface area is 185 Å². The van der Waals surface area contributed by atoms with Gasteiger partial charge in [0.2, 0.25) is 0 Å². The van der Waals surface area contributed by atoms with E-state index < -0.39 is 38.7 Å². The number of hydrogen-bond donors (Lipinski definition) is 1. The van der Waals surface area contributed by atoms with Gasteiger partial charge in [0.05, 0.1) is 27.3 Å². The Hall–Kier alpha value is -5.00. The van der Waals surface area contributed by atoms with Crippen LogP contribution >= 0.6 is 0 Å². The maximum absolute atomic E-state index is 12.2. The van der Waals surface area contributed by atoms with Gasteiger partial charge >= 0.3 is 5.97 Å². The molecule has 3 rings (SSSR count). The summed E-state index contributed by atoms with van der Waals surface area (Å²) in [5.74, 6) is -1.61. The summed E-state index contributed by atoms with van der Waals surface area (Å²) in [6.45, 7) is 1.90. The average molecular weight is 449 g/mol. The Bertz CT molecular complexity index is 1260. The molecule has 0 aliphatic heterocycles. The van der Waals surface area contributed by atoms with Crippen molar-refractivity contribution in [3.05, 3.63) is 104 Å².